The maximum atomic E-state index is 5.89. The van der Waals surface area contributed by atoms with Gasteiger partial charge in [0.2, 0.25) is 0 Å². The first-order chi connectivity index (χ1) is 13.2. The van der Waals surface area contributed by atoms with E-state index >= 15 is 0 Å². The molecule has 0 aliphatic carbocycles. The molecule has 2 rings (SSSR count). The standard InChI is InChI=1S/C20H32N6O/c1-4-12-27-19-13-17(3)8-9-18(19)14-23-20(21-5-2)22-10-6-7-11-26-15-24-25-16-26/h8-9,13,15-16H,4-7,10-12,14H2,1-3H3,(H2,21,22,23). The topological polar surface area (TPSA) is 76.4 Å². The predicted molar refractivity (Wildman–Crippen MR) is 109 cm³/mol. The molecule has 0 aliphatic heterocycles. The van der Waals surface area contributed by atoms with Crippen LogP contribution in [0.2, 0.25) is 0 Å². The van der Waals surface area contributed by atoms with Crippen molar-refractivity contribution in [2.75, 3.05) is 19.7 Å². The van der Waals surface area contributed by atoms with Crippen LogP contribution < -0.4 is 15.4 Å². The van der Waals surface area contributed by atoms with Crippen LogP contribution in [-0.2, 0) is 13.1 Å². The van der Waals surface area contributed by atoms with Gasteiger partial charge in [0, 0.05) is 25.2 Å². The third-order valence-corrected chi connectivity index (χ3v) is 4.04. The fraction of sp³-hybridized carbons (Fsp3) is 0.550. The van der Waals surface area contributed by atoms with E-state index in [1.807, 2.05) is 4.57 Å². The van der Waals surface area contributed by atoms with Gasteiger partial charge in [-0.2, -0.15) is 0 Å². The van der Waals surface area contributed by atoms with Crippen molar-refractivity contribution in [3.63, 3.8) is 0 Å². The molecule has 0 saturated heterocycles. The van der Waals surface area contributed by atoms with E-state index < -0.39 is 0 Å². The number of aromatic nitrogens is 3. The van der Waals surface area contributed by atoms with Crippen LogP contribution in [0.25, 0.3) is 0 Å². The average Bonchev–Trinajstić information content (AvgIpc) is 3.18. The Morgan fingerprint density at radius 2 is 1.96 bits per heavy atom. The van der Waals surface area contributed by atoms with Crippen LogP contribution in [0.15, 0.2) is 35.8 Å². The third kappa shape index (κ3) is 7.68. The highest BCUT2D eigenvalue weighted by Gasteiger charge is 2.05. The highest BCUT2D eigenvalue weighted by atomic mass is 16.5. The normalized spacial score (nSPS) is 11.4. The summed E-state index contributed by atoms with van der Waals surface area (Å²) in [5.41, 5.74) is 2.31. The minimum absolute atomic E-state index is 0.593. The zero-order valence-electron chi connectivity index (χ0n) is 16.7. The van der Waals surface area contributed by atoms with Crippen molar-refractivity contribution < 1.29 is 4.74 Å². The molecule has 0 atom stereocenters. The van der Waals surface area contributed by atoms with Crippen LogP contribution in [0.4, 0.5) is 0 Å². The lowest BCUT2D eigenvalue weighted by atomic mass is 10.1. The summed E-state index contributed by atoms with van der Waals surface area (Å²) in [6, 6.07) is 6.30. The molecule has 0 spiro atoms. The largest absolute Gasteiger partial charge is 0.493 e. The number of benzene rings is 1. The quantitative estimate of drug-likeness (QED) is 0.360. The van der Waals surface area contributed by atoms with Gasteiger partial charge in [0.15, 0.2) is 5.96 Å². The Balaban J connectivity index is 1.85. The van der Waals surface area contributed by atoms with Crippen LogP contribution in [-0.4, -0.2) is 40.4 Å². The first kappa shape index (κ1) is 20.7. The molecule has 1 aromatic carbocycles. The minimum Gasteiger partial charge on any atom is -0.493 e. The van der Waals surface area contributed by atoms with Crippen LogP contribution in [0.3, 0.4) is 0 Å². The summed E-state index contributed by atoms with van der Waals surface area (Å²) >= 11 is 0. The monoisotopic (exact) mass is 372 g/mol. The second kappa shape index (κ2) is 11.9. The van der Waals surface area contributed by atoms with E-state index in [0.717, 1.165) is 62.8 Å². The van der Waals surface area contributed by atoms with Crippen molar-refractivity contribution in [2.24, 2.45) is 4.99 Å². The van der Waals surface area contributed by atoms with Crippen molar-refractivity contribution in [2.45, 2.75) is 53.1 Å². The van der Waals surface area contributed by atoms with Gasteiger partial charge in [0.05, 0.1) is 13.2 Å². The van der Waals surface area contributed by atoms with Gasteiger partial charge in [0.1, 0.15) is 18.4 Å². The molecule has 1 heterocycles. The number of guanidine groups is 1. The van der Waals surface area contributed by atoms with Gasteiger partial charge in [-0.25, -0.2) is 4.99 Å². The molecule has 1 aromatic heterocycles. The SMILES string of the molecule is CCCOc1cc(C)ccc1CN=C(NCC)NCCCCn1cnnc1. The van der Waals surface area contributed by atoms with E-state index in [1.165, 1.54) is 5.56 Å². The fourth-order valence-corrected chi connectivity index (χ4v) is 2.61. The van der Waals surface area contributed by atoms with Gasteiger partial charge >= 0.3 is 0 Å². The number of hydrogen-bond acceptors (Lipinski definition) is 4. The van der Waals surface area contributed by atoms with Gasteiger partial charge in [-0.1, -0.05) is 19.1 Å². The Kier molecular flexibility index (Phi) is 9.17. The molecule has 0 bridgehead atoms. The van der Waals surface area contributed by atoms with Crippen LogP contribution in [0, 0.1) is 6.92 Å². The lowest BCUT2D eigenvalue weighted by Crippen LogP contribution is -2.37. The smallest absolute Gasteiger partial charge is 0.191 e. The van der Waals surface area contributed by atoms with Gasteiger partial charge in [0.25, 0.3) is 0 Å². The predicted octanol–water partition coefficient (Wildman–Crippen LogP) is 2.91. The lowest BCUT2D eigenvalue weighted by molar-refractivity contribution is 0.314. The lowest BCUT2D eigenvalue weighted by Gasteiger charge is -2.13. The molecule has 7 heteroatoms. The summed E-state index contributed by atoms with van der Waals surface area (Å²) < 4.78 is 7.88. The molecule has 2 N–H and O–H groups in total. The molecule has 7 nitrogen and oxygen atoms in total. The first-order valence-electron chi connectivity index (χ1n) is 9.79. The molecule has 148 valence electrons. The fourth-order valence-electron chi connectivity index (χ4n) is 2.61. The molecule has 0 unspecified atom stereocenters. The summed E-state index contributed by atoms with van der Waals surface area (Å²) in [6.07, 6.45) is 6.61. The van der Waals surface area contributed by atoms with E-state index in [2.05, 4.69) is 59.8 Å². The van der Waals surface area contributed by atoms with Crippen molar-refractivity contribution in [1.82, 2.24) is 25.4 Å². The number of aliphatic imine (C=N–C) groups is 1. The summed E-state index contributed by atoms with van der Waals surface area (Å²) in [5, 5.41) is 14.3. The Bertz CT molecular complexity index is 684. The Morgan fingerprint density at radius 3 is 2.70 bits per heavy atom. The van der Waals surface area contributed by atoms with E-state index in [4.69, 9.17) is 9.73 Å². The van der Waals surface area contributed by atoms with E-state index in [-0.39, 0.29) is 0 Å². The minimum atomic E-state index is 0.593. The summed E-state index contributed by atoms with van der Waals surface area (Å²) in [4.78, 5) is 4.72. The molecule has 0 aliphatic rings. The number of nitrogens with zero attached hydrogens (tertiary/aromatic N) is 4. The number of aryl methyl sites for hydroxylation is 2. The molecule has 0 radical (unpaired) electrons. The van der Waals surface area contributed by atoms with Gasteiger partial charge in [-0.05, 0) is 44.7 Å². The number of nitrogens with one attached hydrogen (secondary N) is 2. The molecular formula is C20H32N6O. The maximum absolute atomic E-state index is 5.89. The zero-order valence-corrected chi connectivity index (χ0v) is 16.7. The molecule has 0 saturated carbocycles. The van der Waals surface area contributed by atoms with Gasteiger partial charge < -0.3 is 19.9 Å². The van der Waals surface area contributed by atoms with Crippen molar-refractivity contribution in [1.29, 1.82) is 0 Å². The highest BCUT2D eigenvalue weighted by molar-refractivity contribution is 5.79. The van der Waals surface area contributed by atoms with Crippen LogP contribution in [0.1, 0.15) is 44.2 Å². The highest BCUT2D eigenvalue weighted by Crippen LogP contribution is 2.21. The summed E-state index contributed by atoms with van der Waals surface area (Å²) in [7, 11) is 0. The molecule has 0 fully saturated rings. The Morgan fingerprint density at radius 1 is 1.15 bits per heavy atom. The van der Waals surface area contributed by atoms with E-state index in [9.17, 15) is 0 Å². The zero-order chi connectivity index (χ0) is 19.3. The number of ether oxygens (including phenoxy) is 1. The van der Waals surface area contributed by atoms with Crippen LogP contribution >= 0.6 is 0 Å². The molecule has 2 aromatic rings. The van der Waals surface area contributed by atoms with E-state index in [1.54, 1.807) is 12.7 Å². The molecular weight excluding hydrogens is 340 g/mol. The Labute approximate surface area is 162 Å². The first-order valence-corrected chi connectivity index (χ1v) is 9.79. The van der Waals surface area contributed by atoms with Crippen LogP contribution in [0.5, 0.6) is 5.75 Å². The molecule has 0 amide bonds. The average molecular weight is 373 g/mol. The number of rotatable bonds is 11. The second-order valence-corrected chi connectivity index (χ2v) is 6.49. The number of hydrogen-bond donors (Lipinski definition) is 2. The van der Waals surface area contributed by atoms with Gasteiger partial charge in [-0.15, -0.1) is 10.2 Å². The van der Waals surface area contributed by atoms with E-state index in [0.29, 0.717) is 6.54 Å². The Hall–Kier alpha value is -2.57. The van der Waals surface area contributed by atoms with Crippen molar-refractivity contribution in [3.05, 3.63) is 42.0 Å². The maximum Gasteiger partial charge on any atom is 0.191 e. The summed E-state index contributed by atoms with van der Waals surface area (Å²) in [5.74, 6) is 1.77. The number of unbranched alkanes of at least 4 members (excludes halogenated alkanes) is 1. The van der Waals surface area contributed by atoms with Crippen molar-refractivity contribution >= 4 is 5.96 Å². The van der Waals surface area contributed by atoms with Gasteiger partial charge in [-0.3, -0.25) is 0 Å². The summed E-state index contributed by atoms with van der Waals surface area (Å²) in [6.45, 7) is 10.2. The van der Waals surface area contributed by atoms with Crippen molar-refractivity contribution in [3.8, 4) is 5.75 Å². The second-order valence-electron chi connectivity index (χ2n) is 6.49. The third-order valence-electron chi connectivity index (χ3n) is 4.04. The molecule has 27 heavy (non-hydrogen) atoms.